The quantitative estimate of drug-likeness (QED) is 0.666. The van der Waals surface area contributed by atoms with Crippen LogP contribution in [0.15, 0.2) is 24.3 Å². The number of para-hydroxylation sites is 1. The zero-order chi connectivity index (χ0) is 9.26. The Bertz CT molecular complexity index is 301. The van der Waals surface area contributed by atoms with Crippen LogP contribution in [-0.4, -0.2) is 18.3 Å². The van der Waals surface area contributed by atoms with E-state index in [9.17, 15) is 0 Å². The summed E-state index contributed by atoms with van der Waals surface area (Å²) >= 11 is 0. The molecule has 1 aliphatic heterocycles. The molecule has 0 bridgehead atoms. The standard InChI is InChI=1S/C10H13NO2/c11-10-7(5-12)6-13-9-4-2-1-3-8(9)10/h1-4,7,10,12H,5-6,11H2. The number of hydrogen-bond donors (Lipinski definition) is 2. The molecule has 3 N–H and O–H groups in total. The third-order valence-corrected chi connectivity index (χ3v) is 2.47. The largest absolute Gasteiger partial charge is 0.493 e. The molecule has 0 aromatic heterocycles. The van der Waals surface area contributed by atoms with Gasteiger partial charge in [-0.05, 0) is 6.07 Å². The third-order valence-electron chi connectivity index (χ3n) is 2.47. The summed E-state index contributed by atoms with van der Waals surface area (Å²) in [7, 11) is 0. The van der Waals surface area contributed by atoms with Crippen LogP contribution in [-0.2, 0) is 0 Å². The predicted octanol–water partition coefficient (Wildman–Crippen LogP) is 0.687. The SMILES string of the molecule is NC1c2ccccc2OCC1CO. The average molecular weight is 179 g/mol. The first-order chi connectivity index (χ1) is 6.33. The lowest BCUT2D eigenvalue weighted by atomic mass is 9.92. The number of ether oxygens (including phenoxy) is 1. The van der Waals surface area contributed by atoms with Gasteiger partial charge in [0.2, 0.25) is 0 Å². The van der Waals surface area contributed by atoms with Gasteiger partial charge in [-0.1, -0.05) is 18.2 Å². The molecule has 1 aliphatic rings. The molecule has 0 saturated heterocycles. The fraction of sp³-hybridized carbons (Fsp3) is 0.400. The summed E-state index contributed by atoms with van der Waals surface area (Å²) in [5.74, 6) is 0.870. The van der Waals surface area contributed by atoms with Gasteiger partial charge in [0.25, 0.3) is 0 Å². The van der Waals surface area contributed by atoms with Crippen molar-refractivity contribution in [3.05, 3.63) is 29.8 Å². The van der Waals surface area contributed by atoms with E-state index in [0.717, 1.165) is 11.3 Å². The highest BCUT2D eigenvalue weighted by Crippen LogP contribution is 2.32. The van der Waals surface area contributed by atoms with Crippen LogP contribution in [0, 0.1) is 5.92 Å². The Hall–Kier alpha value is -1.06. The van der Waals surface area contributed by atoms with E-state index in [0.29, 0.717) is 6.61 Å². The Morgan fingerprint density at radius 1 is 1.46 bits per heavy atom. The molecule has 1 heterocycles. The second-order valence-electron chi connectivity index (χ2n) is 3.32. The smallest absolute Gasteiger partial charge is 0.124 e. The maximum Gasteiger partial charge on any atom is 0.124 e. The topological polar surface area (TPSA) is 55.5 Å². The van der Waals surface area contributed by atoms with Crippen molar-refractivity contribution >= 4 is 0 Å². The van der Waals surface area contributed by atoms with Crippen molar-refractivity contribution in [1.29, 1.82) is 0 Å². The van der Waals surface area contributed by atoms with E-state index >= 15 is 0 Å². The van der Waals surface area contributed by atoms with Crippen LogP contribution < -0.4 is 10.5 Å². The van der Waals surface area contributed by atoms with E-state index < -0.39 is 0 Å². The van der Waals surface area contributed by atoms with Gasteiger partial charge in [0, 0.05) is 17.5 Å². The normalized spacial score (nSPS) is 26.3. The lowest BCUT2D eigenvalue weighted by Crippen LogP contribution is -2.33. The first kappa shape index (κ1) is 8.53. The number of hydrogen-bond acceptors (Lipinski definition) is 3. The second kappa shape index (κ2) is 3.36. The fourth-order valence-electron chi connectivity index (χ4n) is 1.61. The van der Waals surface area contributed by atoms with E-state index in [2.05, 4.69) is 0 Å². The summed E-state index contributed by atoms with van der Waals surface area (Å²) in [5, 5.41) is 9.03. The lowest BCUT2D eigenvalue weighted by molar-refractivity contribution is 0.124. The highest BCUT2D eigenvalue weighted by Gasteiger charge is 2.26. The van der Waals surface area contributed by atoms with Crippen LogP contribution in [0.5, 0.6) is 5.75 Å². The van der Waals surface area contributed by atoms with E-state index in [-0.39, 0.29) is 18.6 Å². The van der Waals surface area contributed by atoms with E-state index in [1.807, 2.05) is 24.3 Å². The molecule has 3 nitrogen and oxygen atoms in total. The Morgan fingerprint density at radius 2 is 2.23 bits per heavy atom. The number of rotatable bonds is 1. The zero-order valence-electron chi connectivity index (χ0n) is 7.31. The zero-order valence-corrected chi connectivity index (χ0v) is 7.31. The first-order valence-electron chi connectivity index (χ1n) is 4.41. The Kier molecular flexibility index (Phi) is 2.20. The van der Waals surface area contributed by atoms with Crippen LogP contribution in [0.25, 0.3) is 0 Å². The van der Waals surface area contributed by atoms with Gasteiger partial charge >= 0.3 is 0 Å². The van der Waals surface area contributed by atoms with Gasteiger partial charge in [-0.2, -0.15) is 0 Å². The number of benzene rings is 1. The Morgan fingerprint density at radius 3 is 3.00 bits per heavy atom. The molecule has 2 unspecified atom stereocenters. The molecule has 0 amide bonds. The minimum atomic E-state index is -0.102. The molecular weight excluding hydrogens is 166 g/mol. The summed E-state index contributed by atoms with van der Waals surface area (Å²) in [6, 6.07) is 7.60. The minimum absolute atomic E-state index is 0.0231. The van der Waals surface area contributed by atoms with Crippen LogP contribution in [0.4, 0.5) is 0 Å². The van der Waals surface area contributed by atoms with E-state index in [4.69, 9.17) is 15.6 Å². The van der Waals surface area contributed by atoms with Gasteiger partial charge in [-0.15, -0.1) is 0 Å². The van der Waals surface area contributed by atoms with Crippen molar-refractivity contribution in [2.75, 3.05) is 13.2 Å². The lowest BCUT2D eigenvalue weighted by Gasteiger charge is -2.29. The molecule has 70 valence electrons. The summed E-state index contributed by atoms with van der Waals surface area (Å²) in [6.07, 6.45) is 0. The van der Waals surface area contributed by atoms with Crippen molar-refractivity contribution < 1.29 is 9.84 Å². The molecule has 0 fully saturated rings. The van der Waals surface area contributed by atoms with Gasteiger partial charge in [0.1, 0.15) is 5.75 Å². The number of aliphatic hydroxyl groups is 1. The van der Waals surface area contributed by atoms with Gasteiger partial charge in [-0.25, -0.2) is 0 Å². The highest BCUT2D eigenvalue weighted by molar-refractivity contribution is 5.37. The van der Waals surface area contributed by atoms with E-state index in [1.54, 1.807) is 0 Å². The molecule has 1 aromatic carbocycles. The first-order valence-corrected chi connectivity index (χ1v) is 4.41. The third kappa shape index (κ3) is 1.41. The van der Waals surface area contributed by atoms with Crippen molar-refractivity contribution in [2.45, 2.75) is 6.04 Å². The number of fused-ring (bicyclic) bond motifs is 1. The Labute approximate surface area is 77.1 Å². The van der Waals surface area contributed by atoms with Crippen LogP contribution in [0.1, 0.15) is 11.6 Å². The average Bonchev–Trinajstić information content (AvgIpc) is 2.19. The number of aliphatic hydroxyl groups excluding tert-OH is 1. The monoisotopic (exact) mass is 179 g/mol. The van der Waals surface area contributed by atoms with Crippen LogP contribution in [0.2, 0.25) is 0 Å². The predicted molar refractivity (Wildman–Crippen MR) is 49.4 cm³/mol. The minimum Gasteiger partial charge on any atom is -0.493 e. The Balaban J connectivity index is 2.33. The maximum absolute atomic E-state index is 9.03. The van der Waals surface area contributed by atoms with Gasteiger partial charge in [-0.3, -0.25) is 0 Å². The fourth-order valence-corrected chi connectivity index (χ4v) is 1.61. The molecule has 0 spiro atoms. The van der Waals surface area contributed by atoms with E-state index in [1.165, 1.54) is 0 Å². The van der Waals surface area contributed by atoms with Crippen LogP contribution in [0.3, 0.4) is 0 Å². The van der Waals surface area contributed by atoms with Crippen molar-refractivity contribution in [2.24, 2.45) is 11.7 Å². The molecule has 13 heavy (non-hydrogen) atoms. The molecule has 3 heteroatoms. The molecular formula is C10H13NO2. The summed E-state index contributed by atoms with van der Waals surface area (Å²) in [5.41, 5.74) is 6.95. The summed E-state index contributed by atoms with van der Waals surface area (Å²) in [6.45, 7) is 0.587. The van der Waals surface area contributed by atoms with Crippen LogP contribution >= 0.6 is 0 Å². The summed E-state index contributed by atoms with van der Waals surface area (Å²) < 4.78 is 5.46. The van der Waals surface area contributed by atoms with Crippen molar-refractivity contribution in [3.8, 4) is 5.75 Å². The summed E-state index contributed by atoms with van der Waals surface area (Å²) in [4.78, 5) is 0. The van der Waals surface area contributed by atoms with Gasteiger partial charge < -0.3 is 15.6 Å². The number of nitrogens with two attached hydrogens (primary N) is 1. The molecule has 2 atom stereocenters. The van der Waals surface area contributed by atoms with Gasteiger partial charge in [0.05, 0.1) is 13.2 Å². The molecule has 0 aliphatic carbocycles. The van der Waals surface area contributed by atoms with Crippen molar-refractivity contribution in [1.82, 2.24) is 0 Å². The van der Waals surface area contributed by atoms with Gasteiger partial charge in [0.15, 0.2) is 0 Å². The maximum atomic E-state index is 9.03. The molecule has 0 radical (unpaired) electrons. The second-order valence-corrected chi connectivity index (χ2v) is 3.32. The highest BCUT2D eigenvalue weighted by atomic mass is 16.5. The molecule has 0 saturated carbocycles. The van der Waals surface area contributed by atoms with Crippen molar-refractivity contribution in [3.63, 3.8) is 0 Å². The molecule has 1 aromatic rings. The molecule has 2 rings (SSSR count).